The van der Waals surface area contributed by atoms with Gasteiger partial charge < -0.3 is 0 Å². The minimum absolute atomic E-state index is 0.263. The molecule has 0 unspecified atom stereocenters. The molecular formula is C21H15F2N3. The van der Waals surface area contributed by atoms with Crippen molar-refractivity contribution in [2.45, 2.75) is 13.8 Å². The van der Waals surface area contributed by atoms with E-state index in [2.05, 4.69) is 27.1 Å². The zero-order valence-electron chi connectivity index (χ0n) is 14.3. The first kappa shape index (κ1) is 17.4. The van der Waals surface area contributed by atoms with Crippen LogP contribution in [-0.2, 0) is 0 Å². The van der Waals surface area contributed by atoms with Gasteiger partial charge in [-0.05, 0) is 61.7 Å². The van der Waals surface area contributed by atoms with E-state index < -0.39 is 11.6 Å². The lowest BCUT2D eigenvalue weighted by atomic mass is 10.1. The fraction of sp³-hybridized carbons (Fsp3) is 0.0952. The molecule has 3 nitrogen and oxygen atoms in total. The maximum absolute atomic E-state index is 13.8. The zero-order valence-corrected chi connectivity index (χ0v) is 14.3. The maximum Gasteiger partial charge on any atom is 0.142 e. The number of halogens is 2. The van der Waals surface area contributed by atoms with Crippen molar-refractivity contribution < 1.29 is 8.78 Å². The maximum atomic E-state index is 13.8. The molecule has 0 fully saturated rings. The quantitative estimate of drug-likeness (QED) is 0.427. The smallest absolute Gasteiger partial charge is 0.142 e. The molecule has 26 heavy (non-hydrogen) atoms. The Morgan fingerprint density at radius 3 is 2.00 bits per heavy atom. The van der Waals surface area contributed by atoms with Gasteiger partial charge in [0.2, 0.25) is 0 Å². The van der Waals surface area contributed by atoms with Crippen LogP contribution in [0.5, 0.6) is 0 Å². The Labute approximate surface area is 150 Å². The van der Waals surface area contributed by atoms with Crippen molar-refractivity contribution in [1.82, 2.24) is 4.98 Å². The number of aryl methyl sites for hydroxylation is 2. The molecule has 3 rings (SSSR count). The molecule has 0 aliphatic heterocycles. The molecule has 0 saturated heterocycles. The van der Waals surface area contributed by atoms with Crippen LogP contribution in [0.25, 0.3) is 0 Å². The second kappa shape index (κ2) is 7.66. The molecule has 0 saturated carbocycles. The molecule has 0 N–H and O–H groups in total. The number of hydrogen-bond acceptors (Lipinski definition) is 3. The van der Waals surface area contributed by atoms with Gasteiger partial charge in [-0.3, -0.25) is 0 Å². The van der Waals surface area contributed by atoms with Crippen molar-refractivity contribution in [3.8, 4) is 11.8 Å². The van der Waals surface area contributed by atoms with Crippen molar-refractivity contribution in [2.24, 2.45) is 10.2 Å². The third-order valence-electron chi connectivity index (χ3n) is 3.56. The monoisotopic (exact) mass is 347 g/mol. The Kier molecular flexibility index (Phi) is 5.14. The molecule has 0 aliphatic rings. The first-order valence-electron chi connectivity index (χ1n) is 7.93. The van der Waals surface area contributed by atoms with Crippen molar-refractivity contribution >= 4 is 11.4 Å². The summed E-state index contributed by atoms with van der Waals surface area (Å²) in [7, 11) is 0. The van der Waals surface area contributed by atoms with Gasteiger partial charge in [-0.1, -0.05) is 23.6 Å². The molecule has 0 aliphatic carbocycles. The first-order valence-corrected chi connectivity index (χ1v) is 7.93. The van der Waals surface area contributed by atoms with E-state index in [4.69, 9.17) is 0 Å². The molecule has 2 aromatic carbocycles. The number of nitrogens with zero attached hydrogens (tertiary/aromatic N) is 3. The van der Waals surface area contributed by atoms with E-state index in [1.54, 1.807) is 19.1 Å². The Hall–Kier alpha value is -3.39. The van der Waals surface area contributed by atoms with Crippen molar-refractivity contribution in [2.75, 3.05) is 0 Å². The number of azo groups is 1. The molecule has 1 aromatic heterocycles. The second-order valence-electron chi connectivity index (χ2n) is 5.79. The average molecular weight is 347 g/mol. The Bertz CT molecular complexity index is 989. The summed E-state index contributed by atoms with van der Waals surface area (Å²) in [6.07, 6.45) is 1.50. The first-order chi connectivity index (χ1) is 12.5. The lowest BCUT2D eigenvalue weighted by Crippen LogP contribution is -1.92. The number of aromatic nitrogens is 1. The van der Waals surface area contributed by atoms with Crippen LogP contribution in [0.1, 0.15) is 22.4 Å². The highest BCUT2D eigenvalue weighted by atomic mass is 19.1. The summed E-state index contributed by atoms with van der Waals surface area (Å²) >= 11 is 0. The molecule has 128 valence electrons. The van der Waals surface area contributed by atoms with E-state index in [0.717, 1.165) is 11.3 Å². The number of rotatable bonds is 2. The lowest BCUT2D eigenvalue weighted by molar-refractivity contribution is 0.575. The normalized spacial score (nSPS) is 10.6. The highest BCUT2D eigenvalue weighted by molar-refractivity contribution is 5.45. The summed E-state index contributed by atoms with van der Waals surface area (Å²) in [4.78, 5) is 4.12. The Morgan fingerprint density at radius 1 is 0.769 bits per heavy atom. The topological polar surface area (TPSA) is 37.6 Å². The SMILES string of the molecule is Cc1ccc(N=Nc2ccc(C#Cc3c(F)cc(C)cc3F)nc2)cc1. The third-order valence-corrected chi connectivity index (χ3v) is 3.56. The van der Waals surface area contributed by atoms with Crippen molar-refractivity contribution in [1.29, 1.82) is 0 Å². The van der Waals surface area contributed by atoms with E-state index in [1.807, 2.05) is 31.2 Å². The molecule has 0 spiro atoms. The lowest BCUT2D eigenvalue weighted by Gasteiger charge is -1.99. The van der Waals surface area contributed by atoms with E-state index >= 15 is 0 Å². The summed E-state index contributed by atoms with van der Waals surface area (Å²) < 4.78 is 27.5. The van der Waals surface area contributed by atoms with Gasteiger partial charge in [0.15, 0.2) is 0 Å². The number of benzene rings is 2. The minimum Gasteiger partial charge on any atom is -0.245 e. The summed E-state index contributed by atoms with van der Waals surface area (Å²) in [5.41, 5.74) is 3.08. The van der Waals surface area contributed by atoms with Crippen molar-refractivity contribution in [3.63, 3.8) is 0 Å². The predicted octanol–water partition coefficient (Wildman–Crippen LogP) is 5.79. The minimum atomic E-state index is -0.682. The van der Waals surface area contributed by atoms with Gasteiger partial charge in [0.05, 0.1) is 17.4 Å². The summed E-state index contributed by atoms with van der Waals surface area (Å²) in [6.45, 7) is 3.62. The average Bonchev–Trinajstić information content (AvgIpc) is 2.61. The second-order valence-corrected chi connectivity index (χ2v) is 5.79. The standard InChI is InChI=1S/C21H15F2N3/c1-14-3-5-17(6-4-14)25-26-18-8-7-16(24-13-18)9-10-19-20(22)11-15(2)12-21(19)23/h3-8,11-13H,1-2H3. The molecule has 5 heteroatoms. The van der Waals surface area contributed by atoms with Gasteiger partial charge >= 0.3 is 0 Å². The van der Waals surface area contributed by atoms with E-state index in [-0.39, 0.29) is 5.56 Å². The fourth-order valence-electron chi connectivity index (χ4n) is 2.19. The van der Waals surface area contributed by atoms with Crippen LogP contribution >= 0.6 is 0 Å². The predicted molar refractivity (Wildman–Crippen MR) is 96.7 cm³/mol. The van der Waals surface area contributed by atoms with Crippen LogP contribution < -0.4 is 0 Å². The van der Waals surface area contributed by atoms with E-state index in [1.165, 1.54) is 18.3 Å². The molecule has 0 bridgehead atoms. The van der Waals surface area contributed by atoms with Crippen LogP contribution in [0, 0.1) is 37.3 Å². The summed E-state index contributed by atoms with van der Waals surface area (Å²) in [6, 6.07) is 13.5. The Morgan fingerprint density at radius 2 is 1.38 bits per heavy atom. The molecular weight excluding hydrogens is 332 g/mol. The zero-order chi connectivity index (χ0) is 18.5. The number of hydrogen-bond donors (Lipinski definition) is 0. The van der Waals surface area contributed by atoms with Gasteiger partial charge in [0.1, 0.15) is 23.0 Å². The van der Waals surface area contributed by atoms with Gasteiger partial charge in [-0.15, -0.1) is 5.11 Å². The van der Waals surface area contributed by atoms with Crippen LogP contribution in [-0.4, -0.2) is 4.98 Å². The van der Waals surface area contributed by atoms with Crippen LogP contribution in [0.15, 0.2) is 65.0 Å². The molecule has 0 radical (unpaired) electrons. The highest BCUT2D eigenvalue weighted by Gasteiger charge is 2.07. The van der Waals surface area contributed by atoms with Crippen LogP contribution in [0.4, 0.5) is 20.2 Å². The van der Waals surface area contributed by atoms with E-state index in [9.17, 15) is 8.78 Å². The van der Waals surface area contributed by atoms with Gasteiger partial charge in [-0.25, -0.2) is 13.8 Å². The van der Waals surface area contributed by atoms with Gasteiger partial charge in [-0.2, -0.15) is 5.11 Å². The highest BCUT2D eigenvalue weighted by Crippen LogP contribution is 2.18. The van der Waals surface area contributed by atoms with Crippen LogP contribution in [0.2, 0.25) is 0 Å². The molecule has 3 aromatic rings. The third kappa shape index (κ3) is 4.37. The molecule has 0 amide bonds. The largest absolute Gasteiger partial charge is 0.245 e. The fourth-order valence-corrected chi connectivity index (χ4v) is 2.19. The molecule has 1 heterocycles. The van der Waals surface area contributed by atoms with E-state index in [0.29, 0.717) is 16.9 Å². The Balaban J connectivity index is 1.76. The van der Waals surface area contributed by atoms with Gasteiger partial charge in [0.25, 0.3) is 0 Å². The molecule has 0 atom stereocenters. The summed E-state index contributed by atoms with van der Waals surface area (Å²) in [5, 5.41) is 8.22. The van der Waals surface area contributed by atoms with Gasteiger partial charge in [0, 0.05) is 0 Å². The van der Waals surface area contributed by atoms with Crippen LogP contribution in [0.3, 0.4) is 0 Å². The summed E-state index contributed by atoms with van der Waals surface area (Å²) in [5.74, 6) is 3.78. The number of pyridine rings is 1. The van der Waals surface area contributed by atoms with Crippen molar-refractivity contribution in [3.05, 3.63) is 88.7 Å².